The van der Waals surface area contributed by atoms with Gasteiger partial charge in [-0.3, -0.25) is 10.2 Å². The van der Waals surface area contributed by atoms with Crippen molar-refractivity contribution in [2.24, 2.45) is 5.10 Å². The summed E-state index contributed by atoms with van der Waals surface area (Å²) >= 11 is 0. The Kier molecular flexibility index (Phi) is 4.98. The highest BCUT2D eigenvalue weighted by Crippen LogP contribution is 2.12. The van der Waals surface area contributed by atoms with Crippen molar-refractivity contribution in [3.63, 3.8) is 0 Å². The van der Waals surface area contributed by atoms with Crippen molar-refractivity contribution < 1.29 is 18.7 Å². The normalized spacial score (nSPS) is 10.9. The molecule has 6 heteroatoms. The third kappa shape index (κ3) is 3.38. The molecule has 0 heterocycles. The van der Waals surface area contributed by atoms with E-state index in [4.69, 9.17) is 0 Å². The number of anilines is 1. The van der Waals surface area contributed by atoms with Crippen LogP contribution in [0.4, 0.5) is 10.1 Å². The first-order valence-corrected chi connectivity index (χ1v) is 5.29. The lowest BCUT2D eigenvalue weighted by molar-refractivity contribution is -0.133. The van der Waals surface area contributed by atoms with Crippen LogP contribution in [0.3, 0.4) is 0 Å². The Labute approximate surface area is 104 Å². The van der Waals surface area contributed by atoms with E-state index in [1.807, 2.05) is 0 Å². The van der Waals surface area contributed by atoms with E-state index in [0.717, 1.165) is 7.11 Å². The van der Waals surface area contributed by atoms with E-state index in [1.165, 1.54) is 18.2 Å². The minimum atomic E-state index is -0.856. The molecule has 5 nitrogen and oxygen atoms in total. The molecule has 0 aromatic heterocycles. The SMILES string of the molecule is CCC(=O)/C(=N\Nc1ccccc1F)C(=O)OC. The molecule has 0 fully saturated rings. The van der Waals surface area contributed by atoms with Crippen molar-refractivity contribution in [3.8, 4) is 0 Å². The third-order valence-electron chi connectivity index (χ3n) is 2.13. The Balaban J connectivity index is 2.94. The Hall–Kier alpha value is -2.24. The second-order valence-electron chi connectivity index (χ2n) is 3.32. The Bertz CT molecular complexity index is 468. The van der Waals surface area contributed by atoms with Crippen LogP contribution in [-0.4, -0.2) is 24.6 Å². The number of para-hydroxylation sites is 1. The number of ether oxygens (including phenoxy) is 1. The quantitative estimate of drug-likeness (QED) is 0.375. The molecule has 0 atom stereocenters. The van der Waals surface area contributed by atoms with Crippen LogP contribution in [0, 0.1) is 5.82 Å². The molecular weight excluding hydrogens is 239 g/mol. The number of esters is 1. The van der Waals surface area contributed by atoms with Gasteiger partial charge in [0.25, 0.3) is 0 Å². The minimum absolute atomic E-state index is 0.0720. The van der Waals surface area contributed by atoms with E-state index in [2.05, 4.69) is 15.3 Å². The van der Waals surface area contributed by atoms with E-state index in [0.29, 0.717) is 0 Å². The van der Waals surface area contributed by atoms with Gasteiger partial charge in [0.2, 0.25) is 5.71 Å². The number of hydrazone groups is 1. The van der Waals surface area contributed by atoms with Gasteiger partial charge in [0.05, 0.1) is 12.8 Å². The predicted octanol–water partition coefficient (Wildman–Crippen LogP) is 1.75. The molecule has 0 radical (unpaired) electrons. The molecule has 18 heavy (non-hydrogen) atoms. The molecule has 0 saturated carbocycles. The number of nitrogens with zero attached hydrogens (tertiary/aromatic N) is 1. The fraction of sp³-hybridized carbons (Fsp3) is 0.250. The van der Waals surface area contributed by atoms with Gasteiger partial charge in [-0.15, -0.1) is 0 Å². The number of carbonyl (C=O) groups is 2. The van der Waals surface area contributed by atoms with Crippen LogP contribution in [0.5, 0.6) is 0 Å². The Morgan fingerprint density at radius 3 is 2.61 bits per heavy atom. The van der Waals surface area contributed by atoms with Crippen LogP contribution < -0.4 is 5.43 Å². The van der Waals surface area contributed by atoms with Crippen LogP contribution in [0.1, 0.15) is 13.3 Å². The van der Waals surface area contributed by atoms with E-state index < -0.39 is 17.6 Å². The number of hydrogen-bond acceptors (Lipinski definition) is 5. The number of hydrogen-bond donors (Lipinski definition) is 1. The number of ketones is 1. The second-order valence-corrected chi connectivity index (χ2v) is 3.32. The summed E-state index contributed by atoms with van der Waals surface area (Å²) < 4.78 is 17.7. The van der Waals surface area contributed by atoms with Gasteiger partial charge in [-0.2, -0.15) is 5.10 Å². The van der Waals surface area contributed by atoms with Crippen LogP contribution in [-0.2, 0) is 14.3 Å². The first-order chi connectivity index (χ1) is 8.60. The average Bonchev–Trinajstić information content (AvgIpc) is 2.40. The lowest BCUT2D eigenvalue weighted by Gasteiger charge is -2.04. The molecule has 0 aliphatic heterocycles. The smallest absolute Gasteiger partial charge is 0.362 e. The van der Waals surface area contributed by atoms with E-state index in [9.17, 15) is 14.0 Å². The molecule has 0 aliphatic carbocycles. The van der Waals surface area contributed by atoms with Crippen LogP contribution in [0.2, 0.25) is 0 Å². The maximum Gasteiger partial charge on any atom is 0.362 e. The summed E-state index contributed by atoms with van der Waals surface area (Å²) in [6.07, 6.45) is 0.104. The van der Waals surface area contributed by atoms with Gasteiger partial charge in [0.1, 0.15) is 5.82 Å². The van der Waals surface area contributed by atoms with Gasteiger partial charge >= 0.3 is 5.97 Å². The molecule has 1 aromatic carbocycles. The molecule has 0 spiro atoms. The van der Waals surface area contributed by atoms with Crippen LogP contribution in [0.25, 0.3) is 0 Å². The highest BCUT2D eigenvalue weighted by Gasteiger charge is 2.19. The molecule has 1 aromatic rings. The number of Topliss-reactive ketones (excluding diaryl/α,β-unsaturated/α-hetero) is 1. The van der Waals surface area contributed by atoms with Gasteiger partial charge in [-0.25, -0.2) is 9.18 Å². The van der Waals surface area contributed by atoms with Gasteiger partial charge in [0, 0.05) is 6.42 Å². The first-order valence-electron chi connectivity index (χ1n) is 5.29. The Morgan fingerprint density at radius 2 is 2.06 bits per heavy atom. The van der Waals surface area contributed by atoms with Crippen LogP contribution in [0.15, 0.2) is 29.4 Å². The minimum Gasteiger partial charge on any atom is -0.464 e. The summed E-state index contributed by atoms with van der Waals surface area (Å²) in [5, 5.41) is 3.60. The monoisotopic (exact) mass is 252 g/mol. The maximum absolute atomic E-state index is 13.3. The fourth-order valence-corrected chi connectivity index (χ4v) is 1.15. The highest BCUT2D eigenvalue weighted by atomic mass is 19.1. The molecule has 0 bridgehead atoms. The molecule has 1 N–H and O–H groups in total. The van der Waals surface area contributed by atoms with E-state index in [-0.39, 0.29) is 17.8 Å². The van der Waals surface area contributed by atoms with Gasteiger partial charge in [-0.1, -0.05) is 19.1 Å². The van der Waals surface area contributed by atoms with Crippen LogP contribution >= 0.6 is 0 Å². The van der Waals surface area contributed by atoms with Gasteiger partial charge in [-0.05, 0) is 12.1 Å². The summed E-state index contributed by atoms with van der Waals surface area (Å²) in [4.78, 5) is 22.8. The second kappa shape index (κ2) is 6.48. The van der Waals surface area contributed by atoms with E-state index in [1.54, 1.807) is 13.0 Å². The van der Waals surface area contributed by atoms with Crippen molar-refractivity contribution >= 4 is 23.2 Å². The summed E-state index contributed by atoms with van der Waals surface area (Å²) in [5.41, 5.74) is 2.02. The van der Waals surface area contributed by atoms with Crippen molar-refractivity contribution in [3.05, 3.63) is 30.1 Å². The number of carbonyl (C=O) groups excluding carboxylic acids is 2. The molecule has 0 aliphatic rings. The third-order valence-corrected chi connectivity index (χ3v) is 2.13. The maximum atomic E-state index is 13.3. The number of rotatable bonds is 5. The zero-order chi connectivity index (χ0) is 13.5. The van der Waals surface area contributed by atoms with Crippen molar-refractivity contribution in [1.29, 1.82) is 0 Å². The van der Waals surface area contributed by atoms with E-state index >= 15 is 0 Å². The predicted molar refractivity (Wildman–Crippen MR) is 64.8 cm³/mol. The molecule has 0 saturated heterocycles. The van der Waals surface area contributed by atoms with Crippen molar-refractivity contribution in [2.45, 2.75) is 13.3 Å². The van der Waals surface area contributed by atoms with Crippen molar-refractivity contribution in [2.75, 3.05) is 12.5 Å². The average molecular weight is 252 g/mol. The summed E-state index contributed by atoms with van der Waals surface area (Å²) in [6, 6.07) is 5.78. The lowest BCUT2D eigenvalue weighted by Crippen LogP contribution is -2.26. The zero-order valence-electron chi connectivity index (χ0n) is 10.1. The number of benzene rings is 1. The molecule has 0 amide bonds. The topological polar surface area (TPSA) is 67.8 Å². The van der Waals surface area contributed by atoms with Gasteiger partial charge < -0.3 is 4.74 Å². The highest BCUT2D eigenvalue weighted by molar-refractivity contribution is 6.64. The van der Waals surface area contributed by atoms with Crippen molar-refractivity contribution in [1.82, 2.24) is 0 Å². The molecule has 1 rings (SSSR count). The van der Waals surface area contributed by atoms with Gasteiger partial charge in [0.15, 0.2) is 5.78 Å². The summed E-state index contributed by atoms with van der Waals surface area (Å²) in [6.45, 7) is 1.59. The summed E-state index contributed by atoms with van der Waals surface area (Å²) in [5.74, 6) is -1.87. The largest absolute Gasteiger partial charge is 0.464 e. The first kappa shape index (κ1) is 13.8. The fourth-order valence-electron chi connectivity index (χ4n) is 1.15. The molecule has 96 valence electrons. The number of halogens is 1. The number of nitrogens with one attached hydrogen (secondary N) is 1. The standard InChI is InChI=1S/C12H13FN2O3/c1-3-10(16)11(12(17)18-2)15-14-9-7-5-4-6-8(9)13/h4-7,14H,3H2,1-2H3/b15-11+. The molecule has 0 unspecified atom stereocenters. The number of methoxy groups -OCH3 is 1. The molecular formula is C12H13FN2O3. The zero-order valence-corrected chi connectivity index (χ0v) is 10.1. The Morgan fingerprint density at radius 1 is 1.39 bits per heavy atom. The summed E-state index contributed by atoms with van der Waals surface area (Å²) in [7, 11) is 1.14. The lowest BCUT2D eigenvalue weighted by atomic mass is 10.2.